The molecule has 0 aromatic heterocycles. The Labute approximate surface area is 129 Å². The number of hydrogen-bond acceptors (Lipinski definition) is 3. The third kappa shape index (κ3) is 3.31. The molecule has 0 amide bonds. The zero-order chi connectivity index (χ0) is 14.9. The minimum absolute atomic E-state index is 0.00552. The highest BCUT2D eigenvalue weighted by Crippen LogP contribution is 2.27. The Hall–Kier alpha value is -0.690. The van der Waals surface area contributed by atoms with Gasteiger partial charge in [0, 0.05) is 11.6 Å². The van der Waals surface area contributed by atoms with E-state index in [9.17, 15) is 8.42 Å². The van der Waals surface area contributed by atoms with Crippen molar-refractivity contribution in [3.05, 3.63) is 28.8 Å². The number of halogens is 1. The van der Waals surface area contributed by atoms with Crippen LogP contribution in [0.4, 0.5) is 0 Å². The highest BCUT2D eigenvalue weighted by molar-refractivity contribution is 7.89. The van der Waals surface area contributed by atoms with Gasteiger partial charge in [-0.1, -0.05) is 37.2 Å². The van der Waals surface area contributed by atoms with Crippen LogP contribution in [0.5, 0.6) is 0 Å². The van der Waals surface area contributed by atoms with Gasteiger partial charge in [0.1, 0.15) is 4.99 Å². The molecule has 3 N–H and O–H groups in total. The van der Waals surface area contributed by atoms with Gasteiger partial charge in [-0.05, 0) is 37.0 Å². The number of hydrogen-bond donors (Lipinski definition) is 2. The lowest BCUT2D eigenvalue weighted by Gasteiger charge is -2.17. The lowest BCUT2D eigenvalue weighted by atomic mass is 10.1. The maximum absolute atomic E-state index is 12.3. The van der Waals surface area contributed by atoms with Crippen molar-refractivity contribution in [2.75, 3.05) is 0 Å². The summed E-state index contributed by atoms with van der Waals surface area (Å²) >= 11 is 10.9. The number of sulfonamides is 1. The second-order valence-electron chi connectivity index (χ2n) is 5.14. The van der Waals surface area contributed by atoms with Gasteiger partial charge in [-0.2, -0.15) is 0 Å². The van der Waals surface area contributed by atoms with Crippen LogP contribution in [-0.2, 0) is 10.0 Å². The maximum Gasteiger partial charge on any atom is 0.240 e. The molecule has 0 heterocycles. The minimum Gasteiger partial charge on any atom is -0.389 e. The average molecular weight is 333 g/mol. The maximum atomic E-state index is 12.3. The van der Waals surface area contributed by atoms with E-state index in [1.54, 1.807) is 0 Å². The smallest absolute Gasteiger partial charge is 0.240 e. The van der Waals surface area contributed by atoms with Crippen molar-refractivity contribution in [2.24, 2.45) is 11.7 Å². The largest absolute Gasteiger partial charge is 0.389 e. The molecule has 1 aromatic carbocycles. The summed E-state index contributed by atoms with van der Waals surface area (Å²) in [5, 5.41) is 0.250. The summed E-state index contributed by atoms with van der Waals surface area (Å²) in [4.78, 5) is 0.290. The van der Waals surface area contributed by atoms with Gasteiger partial charge in [0.05, 0.1) is 9.92 Å². The molecule has 1 aliphatic rings. The highest BCUT2D eigenvalue weighted by atomic mass is 35.5. The monoisotopic (exact) mass is 332 g/mol. The fraction of sp³-hybridized carbons (Fsp3) is 0.462. The Kier molecular flexibility index (Phi) is 4.69. The summed E-state index contributed by atoms with van der Waals surface area (Å²) in [6.45, 7) is 2.06. The fourth-order valence-electron chi connectivity index (χ4n) is 2.45. The van der Waals surface area contributed by atoms with Gasteiger partial charge in [-0.15, -0.1) is 0 Å². The Morgan fingerprint density at radius 2 is 2.15 bits per heavy atom. The molecule has 20 heavy (non-hydrogen) atoms. The van der Waals surface area contributed by atoms with Gasteiger partial charge in [-0.25, -0.2) is 13.1 Å². The molecule has 0 radical (unpaired) electrons. The van der Waals surface area contributed by atoms with Crippen LogP contribution in [0.3, 0.4) is 0 Å². The van der Waals surface area contributed by atoms with Crippen molar-refractivity contribution in [1.29, 1.82) is 0 Å². The molecule has 2 atom stereocenters. The van der Waals surface area contributed by atoms with Gasteiger partial charge in [0.2, 0.25) is 10.0 Å². The predicted molar refractivity (Wildman–Crippen MR) is 84.5 cm³/mol. The van der Waals surface area contributed by atoms with Gasteiger partial charge in [0.25, 0.3) is 0 Å². The lowest BCUT2D eigenvalue weighted by molar-refractivity contribution is 0.476. The molecule has 0 spiro atoms. The van der Waals surface area contributed by atoms with Crippen molar-refractivity contribution in [3.63, 3.8) is 0 Å². The van der Waals surface area contributed by atoms with E-state index in [0.29, 0.717) is 11.5 Å². The van der Waals surface area contributed by atoms with Crippen molar-refractivity contribution < 1.29 is 8.42 Å². The molecule has 2 unspecified atom stereocenters. The van der Waals surface area contributed by atoms with Crippen LogP contribution in [0.1, 0.15) is 31.7 Å². The van der Waals surface area contributed by atoms with Crippen LogP contribution in [0.25, 0.3) is 0 Å². The third-order valence-corrected chi connectivity index (χ3v) is 5.70. The van der Waals surface area contributed by atoms with E-state index >= 15 is 0 Å². The SMILES string of the molecule is CC1CCCC1NS(=O)(=O)c1ccc(C(N)=S)c(Cl)c1. The average Bonchev–Trinajstić information content (AvgIpc) is 2.73. The minimum atomic E-state index is -3.56. The molecule has 2 rings (SSSR count). The normalized spacial score (nSPS) is 22.9. The Morgan fingerprint density at radius 1 is 1.45 bits per heavy atom. The molecule has 0 bridgehead atoms. The Morgan fingerprint density at radius 3 is 2.65 bits per heavy atom. The van der Waals surface area contributed by atoms with Crippen molar-refractivity contribution >= 4 is 38.8 Å². The summed E-state index contributed by atoms with van der Waals surface area (Å²) < 4.78 is 27.4. The second-order valence-corrected chi connectivity index (χ2v) is 7.70. The first-order valence-corrected chi connectivity index (χ1v) is 8.70. The molecule has 1 aromatic rings. The molecule has 0 aliphatic heterocycles. The first-order chi connectivity index (χ1) is 9.31. The zero-order valence-corrected chi connectivity index (χ0v) is 13.5. The number of thiocarbonyl (C=S) groups is 1. The molecule has 1 saturated carbocycles. The van der Waals surface area contributed by atoms with Gasteiger partial charge < -0.3 is 5.73 Å². The van der Waals surface area contributed by atoms with E-state index in [1.807, 2.05) is 0 Å². The van der Waals surface area contributed by atoms with E-state index < -0.39 is 10.0 Å². The molecule has 110 valence electrons. The standard InChI is InChI=1S/C13H17ClN2O2S2/c1-8-3-2-4-12(8)16-20(17,18)9-5-6-10(13(15)19)11(14)7-9/h5-8,12,16H,2-4H2,1H3,(H2,15,19). The molecule has 1 aliphatic carbocycles. The third-order valence-electron chi connectivity index (χ3n) is 3.68. The van der Waals surface area contributed by atoms with Gasteiger partial charge in [0.15, 0.2) is 0 Å². The second kappa shape index (κ2) is 5.97. The van der Waals surface area contributed by atoms with Crippen LogP contribution in [0, 0.1) is 5.92 Å². The Balaban J connectivity index is 2.25. The van der Waals surface area contributed by atoms with Gasteiger partial charge in [-0.3, -0.25) is 0 Å². The first kappa shape index (κ1) is 15.7. The van der Waals surface area contributed by atoms with Crippen LogP contribution >= 0.6 is 23.8 Å². The number of benzene rings is 1. The molecular weight excluding hydrogens is 316 g/mol. The zero-order valence-electron chi connectivity index (χ0n) is 11.1. The molecule has 4 nitrogen and oxygen atoms in total. The van der Waals surface area contributed by atoms with Crippen molar-refractivity contribution in [3.8, 4) is 0 Å². The van der Waals surface area contributed by atoms with Gasteiger partial charge >= 0.3 is 0 Å². The summed E-state index contributed by atoms with van der Waals surface area (Å²) in [7, 11) is -3.56. The molecular formula is C13H17ClN2O2S2. The van der Waals surface area contributed by atoms with E-state index in [0.717, 1.165) is 19.3 Å². The van der Waals surface area contributed by atoms with Crippen LogP contribution in [-0.4, -0.2) is 19.4 Å². The summed E-state index contributed by atoms with van der Waals surface area (Å²) in [6, 6.07) is 4.39. The summed E-state index contributed by atoms with van der Waals surface area (Å²) in [6.07, 6.45) is 2.98. The molecule has 0 saturated heterocycles. The van der Waals surface area contributed by atoms with E-state index in [4.69, 9.17) is 29.6 Å². The van der Waals surface area contributed by atoms with Crippen LogP contribution in [0.15, 0.2) is 23.1 Å². The number of nitrogens with one attached hydrogen (secondary N) is 1. The van der Waals surface area contributed by atoms with Crippen molar-refractivity contribution in [2.45, 2.75) is 37.1 Å². The molecule has 7 heteroatoms. The lowest BCUT2D eigenvalue weighted by Crippen LogP contribution is -2.36. The van der Waals surface area contributed by atoms with Crippen LogP contribution < -0.4 is 10.5 Å². The van der Waals surface area contributed by atoms with Crippen LogP contribution in [0.2, 0.25) is 5.02 Å². The molecule has 1 fully saturated rings. The first-order valence-electron chi connectivity index (χ1n) is 6.43. The summed E-state index contributed by atoms with van der Waals surface area (Å²) in [5.41, 5.74) is 5.99. The Bertz CT molecular complexity index is 631. The predicted octanol–water partition coefficient (Wildman–Crippen LogP) is 2.44. The van der Waals surface area contributed by atoms with Crippen molar-refractivity contribution in [1.82, 2.24) is 4.72 Å². The quantitative estimate of drug-likeness (QED) is 0.831. The summed E-state index contributed by atoms with van der Waals surface area (Å²) in [5.74, 6) is 0.358. The number of nitrogens with two attached hydrogens (primary N) is 1. The topological polar surface area (TPSA) is 72.2 Å². The number of rotatable bonds is 4. The van der Waals surface area contributed by atoms with E-state index in [-0.39, 0.29) is 20.9 Å². The van der Waals surface area contributed by atoms with E-state index in [2.05, 4.69) is 11.6 Å². The van der Waals surface area contributed by atoms with E-state index in [1.165, 1.54) is 18.2 Å². The fourth-order valence-corrected chi connectivity index (χ4v) is 4.44. The highest BCUT2D eigenvalue weighted by Gasteiger charge is 2.28.